The summed E-state index contributed by atoms with van der Waals surface area (Å²) in [6, 6.07) is 1.85. The molecule has 158 valence electrons. The van der Waals surface area contributed by atoms with Crippen LogP contribution >= 0.6 is 11.3 Å². The zero-order valence-corrected chi connectivity index (χ0v) is 17.3. The number of rotatable bonds is 4. The first-order chi connectivity index (χ1) is 14.4. The average Bonchev–Trinajstić information content (AvgIpc) is 3.47. The highest BCUT2D eigenvalue weighted by atomic mass is 32.1. The lowest BCUT2D eigenvalue weighted by molar-refractivity contribution is 0.214. The molecule has 1 unspecified atom stereocenters. The average molecular weight is 431 g/mol. The monoisotopic (exact) mass is 431 g/mol. The molecule has 1 aromatic carbocycles. The molecular weight excluding hydrogens is 409 g/mol. The fourth-order valence-corrected chi connectivity index (χ4v) is 5.71. The Morgan fingerprint density at radius 2 is 2.13 bits per heavy atom. The number of nitrogens with two attached hydrogens (primary N) is 1. The molecule has 0 amide bonds. The van der Waals surface area contributed by atoms with Crippen molar-refractivity contribution < 1.29 is 14.2 Å². The summed E-state index contributed by atoms with van der Waals surface area (Å²) >= 11 is 1.47. The quantitative estimate of drug-likeness (QED) is 0.550. The molecule has 5 rings (SSSR count). The Morgan fingerprint density at radius 1 is 1.37 bits per heavy atom. The van der Waals surface area contributed by atoms with Crippen LogP contribution in [0.15, 0.2) is 15.7 Å². The lowest BCUT2D eigenvalue weighted by Gasteiger charge is -2.19. The Hall–Kier alpha value is -2.65. The number of H-pyrrole nitrogens is 1. The number of aliphatic hydroxyl groups excluding tert-OH is 1. The molecule has 1 fully saturated rings. The molecule has 2 aliphatic carbocycles. The maximum atomic E-state index is 15.5. The molecule has 0 spiro atoms. The number of halogens is 1. The number of aromatic amines is 1. The lowest BCUT2D eigenvalue weighted by atomic mass is 9.89. The van der Waals surface area contributed by atoms with E-state index in [1.165, 1.54) is 23.0 Å². The van der Waals surface area contributed by atoms with Crippen LogP contribution < -0.4 is 21.7 Å². The van der Waals surface area contributed by atoms with Crippen LogP contribution in [0.1, 0.15) is 35.7 Å². The van der Waals surface area contributed by atoms with Crippen molar-refractivity contribution in [2.75, 3.05) is 19.5 Å². The molecule has 0 saturated heterocycles. The molecule has 7 nitrogen and oxygen atoms in total. The smallest absolute Gasteiger partial charge is 0.329 e. The molecule has 2 heterocycles. The van der Waals surface area contributed by atoms with E-state index in [0.717, 1.165) is 42.5 Å². The van der Waals surface area contributed by atoms with Crippen molar-refractivity contribution in [3.05, 3.63) is 43.2 Å². The van der Waals surface area contributed by atoms with E-state index in [1.807, 2.05) is 6.07 Å². The second-order valence-electron chi connectivity index (χ2n) is 8.07. The highest BCUT2D eigenvalue weighted by Gasteiger charge is 2.33. The first kappa shape index (κ1) is 19.3. The number of thiophene rings is 1. The Balaban J connectivity index is 1.83. The zero-order valence-electron chi connectivity index (χ0n) is 16.5. The topological polar surface area (TPSA) is 110 Å². The van der Waals surface area contributed by atoms with Gasteiger partial charge in [-0.3, -0.25) is 14.3 Å². The molecule has 1 saturated carbocycles. The Labute approximate surface area is 174 Å². The van der Waals surface area contributed by atoms with E-state index in [2.05, 4.69) is 4.98 Å². The van der Waals surface area contributed by atoms with E-state index < -0.39 is 17.1 Å². The van der Waals surface area contributed by atoms with Crippen LogP contribution in [0.25, 0.3) is 21.3 Å². The minimum Gasteiger partial charge on any atom is -0.494 e. The van der Waals surface area contributed by atoms with E-state index in [4.69, 9.17) is 10.5 Å². The molecule has 0 aliphatic heterocycles. The zero-order chi connectivity index (χ0) is 21.2. The molecular formula is C21H22FN3O4S. The fraction of sp³-hybridized carbons (Fsp3) is 0.429. The van der Waals surface area contributed by atoms with Gasteiger partial charge in [-0.25, -0.2) is 9.18 Å². The van der Waals surface area contributed by atoms with Crippen LogP contribution in [0.4, 0.5) is 10.1 Å². The highest BCUT2D eigenvalue weighted by molar-refractivity contribution is 7.15. The van der Waals surface area contributed by atoms with Gasteiger partial charge in [0.05, 0.1) is 23.7 Å². The summed E-state index contributed by atoms with van der Waals surface area (Å²) < 4.78 is 22.6. The summed E-state index contributed by atoms with van der Waals surface area (Å²) in [5.74, 6) is -0.362. The Morgan fingerprint density at radius 3 is 2.80 bits per heavy atom. The third-order valence-electron chi connectivity index (χ3n) is 6.12. The van der Waals surface area contributed by atoms with Crippen molar-refractivity contribution in [3.8, 4) is 16.2 Å². The largest absolute Gasteiger partial charge is 0.494 e. The molecule has 2 aromatic heterocycles. The van der Waals surface area contributed by atoms with Gasteiger partial charge in [0.2, 0.25) is 0 Å². The van der Waals surface area contributed by atoms with Gasteiger partial charge in [-0.1, -0.05) is 0 Å². The van der Waals surface area contributed by atoms with Crippen LogP contribution in [-0.4, -0.2) is 28.4 Å². The molecule has 2 aliphatic rings. The van der Waals surface area contributed by atoms with Crippen molar-refractivity contribution in [2.45, 2.75) is 38.1 Å². The summed E-state index contributed by atoms with van der Waals surface area (Å²) in [7, 11) is 1.41. The number of benzene rings is 1. The van der Waals surface area contributed by atoms with Gasteiger partial charge in [-0.05, 0) is 49.7 Å². The van der Waals surface area contributed by atoms with Gasteiger partial charge >= 0.3 is 5.69 Å². The van der Waals surface area contributed by atoms with Gasteiger partial charge in [-0.15, -0.1) is 11.3 Å². The third-order valence-corrected chi connectivity index (χ3v) is 7.37. The molecule has 30 heavy (non-hydrogen) atoms. The van der Waals surface area contributed by atoms with Gasteiger partial charge in [0.15, 0.2) is 11.6 Å². The van der Waals surface area contributed by atoms with Crippen molar-refractivity contribution >= 4 is 27.9 Å². The summed E-state index contributed by atoms with van der Waals surface area (Å²) in [6.45, 7) is 0.127. The van der Waals surface area contributed by atoms with Crippen molar-refractivity contribution in [3.63, 3.8) is 0 Å². The van der Waals surface area contributed by atoms with Crippen LogP contribution in [0.2, 0.25) is 0 Å². The number of aliphatic hydroxyl groups is 1. The summed E-state index contributed by atoms with van der Waals surface area (Å²) in [6.07, 6.45) is 4.05. The second-order valence-corrected chi connectivity index (χ2v) is 9.21. The van der Waals surface area contributed by atoms with E-state index in [0.29, 0.717) is 4.88 Å². The van der Waals surface area contributed by atoms with E-state index in [9.17, 15) is 14.7 Å². The van der Waals surface area contributed by atoms with Gasteiger partial charge in [0.25, 0.3) is 5.56 Å². The number of hydrogen-bond acceptors (Lipinski definition) is 6. The molecule has 0 radical (unpaired) electrons. The highest BCUT2D eigenvalue weighted by Crippen LogP contribution is 2.47. The normalized spacial score (nSPS) is 18.6. The maximum Gasteiger partial charge on any atom is 0.329 e. The number of aryl methyl sites for hydroxylation is 1. The molecule has 0 bridgehead atoms. The van der Waals surface area contributed by atoms with Crippen LogP contribution in [-0.2, 0) is 12.8 Å². The van der Waals surface area contributed by atoms with E-state index in [-0.39, 0.29) is 46.5 Å². The minimum atomic E-state index is -0.719. The molecule has 9 heteroatoms. The van der Waals surface area contributed by atoms with Crippen LogP contribution in [0.3, 0.4) is 0 Å². The number of nitrogen functional groups attached to an aromatic ring is 1. The SMILES string of the molecule is COc1c(-c2cc3c(s2)CCC(CO)C3)c(F)c(N)c2c(=O)[nH]c(=O)n(C3CC3)c12. The van der Waals surface area contributed by atoms with E-state index in [1.54, 1.807) is 0 Å². The molecule has 4 N–H and O–H groups in total. The number of ether oxygens (including phenoxy) is 1. The number of fused-ring (bicyclic) bond motifs is 2. The minimum absolute atomic E-state index is 0.0544. The van der Waals surface area contributed by atoms with Crippen molar-refractivity contribution in [2.24, 2.45) is 5.92 Å². The lowest BCUT2D eigenvalue weighted by Crippen LogP contribution is -2.31. The van der Waals surface area contributed by atoms with Crippen LogP contribution in [0, 0.1) is 11.7 Å². The predicted molar refractivity (Wildman–Crippen MR) is 114 cm³/mol. The van der Waals surface area contributed by atoms with Crippen molar-refractivity contribution in [1.82, 2.24) is 9.55 Å². The molecule has 1 atom stereocenters. The van der Waals surface area contributed by atoms with Crippen molar-refractivity contribution in [1.29, 1.82) is 0 Å². The van der Waals surface area contributed by atoms with Gasteiger partial charge < -0.3 is 15.6 Å². The number of nitrogens with one attached hydrogen (secondary N) is 1. The summed E-state index contributed by atoms with van der Waals surface area (Å²) in [5, 5.41) is 9.45. The van der Waals surface area contributed by atoms with E-state index >= 15 is 4.39 Å². The standard InChI is InChI=1S/C21H22FN3O4S/c1-29-19-14(13-7-10-6-9(8-26)2-5-12(10)30-13)16(22)17(23)15-18(19)25(11-3-4-11)21(28)24-20(15)27/h7,9,11,26H,2-6,8,23H2,1H3,(H,24,27,28). The Bertz CT molecular complexity index is 1290. The number of hydrogen-bond donors (Lipinski definition) is 3. The van der Waals surface area contributed by atoms with Crippen LogP contribution in [0.5, 0.6) is 5.75 Å². The first-order valence-electron chi connectivity index (χ1n) is 10.0. The molecule has 3 aromatic rings. The number of aromatic nitrogens is 2. The summed E-state index contributed by atoms with van der Waals surface area (Å²) in [5.41, 5.74) is 6.08. The van der Waals surface area contributed by atoms with Gasteiger partial charge in [0.1, 0.15) is 5.52 Å². The Kier molecular flexibility index (Phi) is 4.48. The number of anilines is 1. The maximum absolute atomic E-state index is 15.5. The predicted octanol–water partition coefficient (Wildman–Crippen LogP) is 2.58. The third kappa shape index (κ3) is 2.79. The number of nitrogens with zero attached hydrogens (tertiary/aromatic N) is 1. The van der Waals surface area contributed by atoms with Gasteiger partial charge in [-0.2, -0.15) is 0 Å². The van der Waals surface area contributed by atoms with Gasteiger partial charge in [0, 0.05) is 22.4 Å². The fourth-order valence-electron chi connectivity index (χ4n) is 4.46. The number of methoxy groups -OCH3 is 1. The summed E-state index contributed by atoms with van der Waals surface area (Å²) in [4.78, 5) is 29.2. The first-order valence-corrected chi connectivity index (χ1v) is 10.8. The second kappa shape index (κ2) is 6.95.